The molecule has 0 atom stereocenters. The van der Waals surface area contributed by atoms with Gasteiger partial charge < -0.3 is 9.72 Å². The van der Waals surface area contributed by atoms with Crippen molar-refractivity contribution in [2.45, 2.75) is 33.1 Å². The summed E-state index contributed by atoms with van der Waals surface area (Å²) >= 11 is 0. The SMILES string of the molecule is Cc1ccc(OC(=O)CCCc2c(-c3ccc4ccccc4n3)[nH]c3ccc(C)cc23)cc1. The van der Waals surface area contributed by atoms with Gasteiger partial charge in [-0.05, 0) is 68.7 Å². The van der Waals surface area contributed by atoms with E-state index in [1.165, 1.54) is 16.5 Å². The number of rotatable bonds is 6. The summed E-state index contributed by atoms with van der Waals surface area (Å²) in [5, 5.41) is 2.31. The number of aromatic nitrogens is 2. The molecule has 0 bridgehead atoms. The number of esters is 1. The van der Waals surface area contributed by atoms with Crippen LogP contribution >= 0.6 is 0 Å². The molecule has 164 valence electrons. The van der Waals surface area contributed by atoms with E-state index in [4.69, 9.17) is 9.72 Å². The van der Waals surface area contributed by atoms with Crippen molar-refractivity contribution in [2.24, 2.45) is 0 Å². The Balaban J connectivity index is 1.40. The van der Waals surface area contributed by atoms with Gasteiger partial charge in [-0.15, -0.1) is 0 Å². The Bertz CT molecular complexity index is 1450. The summed E-state index contributed by atoms with van der Waals surface area (Å²) in [6.07, 6.45) is 1.82. The van der Waals surface area contributed by atoms with Crippen molar-refractivity contribution in [3.05, 3.63) is 95.6 Å². The highest BCUT2D eigenvalue weighted by molar-refractivity contribution is 5.92. The Morgan fingerprint density at radius 3 is 2.55 bits per heavy atom. The van der Waals surface area contributed by atoms with Crippen LogP contribution in [0.5, 0.6) is 5.75 Å². The number of carbonyl (C=O) groups is 1. The van der Waals surface area contributed by atoms with Crippen LogP contribution in [0.2, 0.25) is 0 Å². The van der Waals surface area contributed by atoms with Gasteiger partial charge in [0.1, 0.15) is 5.75 Å². The van der Waals surface area contributed by atoms with Crippen LogP contribution in [0.1, 0.15) is 29.5 Å². The molecular weight excluding hydrogens is 408 g/mol. The number of para-hydroxylation sites is 1. The topological polar surface area (TPSA) is 55.0 Å². The first-order valence-corrected chi connectivity index (χ1v) is 11.3. The number of benzene rings is 3. The van der Waals surface area contributed by atoms with Crippen molar-refractivity contribution in [1.82, 2.24) is 9.97 Å². The second-order valence-corrected chi connectivity index (χ2v) is 8.56. The standard InChI is InChI=1S/C29H26N2O2/c1-19-10-14-22(15-11-19)33-28(32)9-5-7-23-24-18-20(2)12-16-26(24)31-29(23)27-17-13-21-6-3-4-8-25(21)30-27/h3-4,6,8,10-18,31H,5,7,9H2,1-2H3. The molecule has 4 heteroatoms. The van der Waals surface area contributed by atoms with E-state index in [0.717, 1.165) is 39.8 Å². The lowest BCUT2D eigenvalue weighted by atomic mass is 10.0. The fourth-order valence-electron chi connectivity index (χ4n) is 4.24. The zero-order chi connectivity index (χ0) is 22.8. The molecule has 0 radical (unpaired) electrons. The molecular formula is C29H26N2O2. The lowest BCUT2D eigenvalue weighted by Gasteiger charge is -2.07. The first-order chi connectivity index (χ1) is 16.1. The van der Waals surface area contributed by atoms with Crippen LogP contribution in [0, 0.1) is 13.8 Å². The minimum absolute atomic E-state index is 0.208. The number of pyridine rings is 1. The van der Waals surface area contributed by atoms with E-state index in [1.54, 1.807) is 0 Å². The zero-order valence-corrected chi connectivity index (χ0v) is 18.9. The lowest BCUT2D eigenvalue weighted by molar-refractivity contribution is -0.134. The van der Waals surface area contributed by atoms with Gasteiger partial charge in [-0.3, -0.25) is 4.79 Å². The molecule has 5 rings (SSSR count). The number of nitrogens with one attached hydrogen (secondary N) is 1. The van der Waals surface area contributed by atoms with E-state index < -0.39 is 0 Å². The molecule has 5 aromatic rings. The molecule has 0 aliphatic rings. The van der Waals surface area contributed by atoms with Crippen LogP contribution in [0.3, 0.4) is 0 Å². The first-order valence-electron chi connectivity index (χ1n) is 11.3. The lowest BCUT2D eigenvalue weighted by Crippen LogP contribution is -2.08. The smallest absolute Gasteiger partial charge is 0.311 e. The summed E-state index contributed by atoms with van der Waals surface area (Å²) in [6.45, 7) is 4.11. The fraction of sp³-hybridized carbons (Fsp3) is 0.172. The third kappa shape index (κ3) is 4.51. The predicted molar refractivity (Wildman–Crippen MR) is 134 cm³/mol. The highest BCUT2D eigenvalue weighted by Gasteiger charge is 2.16. The molecule has 0 amide bonds. The molecule has 0 saturated carbocycles. The third-order valence-electron chi connectivity index (χ3n) is 5.98. The minimum Gasteiger partial charge on any atom is -0.427 e. The van der Waals surface area contributed by atoms with Gasteiger partial charge in [0, 0.05) is 22.7 Å². The number of aromatic amines is 1. The summed E-state index contributed by atoms with van der Waals surface area (Å²) in [5.74, 6) is 0.384. The maximum atomic E-state index is 12.4. The van der Waals surface area contributed by atoms with E-state index in [2.05, 4.69) is 48.3 Å². The minimum atomic E-state index is -0.208. The average molecular weight is 435 g/mol. The molecule has 0 fully saturated rings. The molecule has 33 heavy (non-hydrogen) atoms. The molecule has 2 heterocycles. The summed E-state index contributed by atoms with van der Waals surface area (Å²) in [6, 6.07) is 26.3. The molecule has 0 aliphatic heterocycles. The molecule has 0 unspecified atom stereocenters. The van der Waals surface area contributed by atoms with Crippen molar-refractivity contribution < 1.29 is 9.53 Å². The molecule has 4 nitrogen and oxygen atoms in total. The van der Waals surface area contributed by atoms with Gasteiger partial charge in [0.2, 0.25) is 0 Å². The van der Waals surface area contributed by atoms with Crippen molar-refractivity contribution in [2.75, 3.05) is 0 Å². The Morgan fingerprint density at radius 2 is 1.70 bits per heavy atom. The zero-order valence-electron chi connectivity index (χ0n) is 18.9. The Kier molecular flexibility index (Phi) is 5.66. The van der Waals surface area contributed by atoms with E-state index in [1.807, 2.05) is 49.4 Å². The quantitative estimate of drug-likeness (QED) is 0.233. The van der Waals surface area contributed by atoms with Gasteiger partial charge in [-0.2, -0.15) is 0 Å². The first kappa shape index (κ1) is 21.0. The van der Waals surface area contributed by atoms with Crippen molar-refractivity contribution in [3.8, 4) is 17.1 Å². The third-order valence-corrected chi connectivity index (χ3v) is 5.98. The van der Waals surface area contributed by atoms with Gasteiger partial charge in [0.05, 0.1) is 16.9 Å². The maximum absolute atomic E-state index is 12.4. The number of hydrogen-bond acceptors (Lipinski definition) is 3. The van der Waals surface area contributed by atoms with Gasteiger partial charge in [0.25, 0.3) is 0 Å². The van der Waals surface area contributed by atoms with Gasteiger partial charge >= 0.3 is 5.97 Å². The number of ether oxygens (including phenoxy) is 1. The van der Waals surface area contributed by atoms with Crippen LogP contribution in [0.4, 0.5) is 0 Å². The van der Waals surface area contributed by atoms with Gasteiger partial charge in [0.15, 0.2) is 0 Å². The normalized spacial score (nSPS) is 11.2. The van der Waals surface area contributed by atoms with E-state index >= 15 is 0 Å². The van der Waals surface area contributed by atoms with E-state index in [9.17, 15) is 4.79 Å². The van der Waals surface area contributed by atoms with Crippen LogP contribution in [-0.4, -0.2) is 15.9 Å². The number of aryl methyl sites for hydroxylation is 3. The summed E-state index contributed by atoms with van der Waals surface area (Å²) in [7, 11) is 0. The number of hydrogen-bond donors (Lipinski definition) is 1. The molecule has 0 aliphatic carbocycles. The fourth-order valence-corrected chi connectivity index (χ4v) is 4.24. The number of nitrogens with zero attached hydrogens (tertiary/aromatic N) is 1. The van der Waals surface area contributed by atoms with Crippen LogP contribution in [0.25, 0.3) is 33.2 Å². The largest absolute Gasteiger partial charge is 0.427 e. The molecule has 1 N–H and O–H groups in total. The summed E-state index contributed by atoms with van der Waals surface area (Å²) < 4.78 is 5.50. The number of H-pyrrole nitrogens is 1. The highest BCUT2D eigenvalue weighted by atomic mass is 16.5. The van der Waals surface area contributed by atoms with E-state index in [-0.39, 0.29) is 5.97 Å². The van der Waals surface area contributed by atoms with Crippen LogP contribution in [-0.2, 0) is 11.2 Å². The summed E-state index contributed by atoms with van der Waals surface area (Å²) in [5.41, 5.74) is 7.53. The van der Waals surface area contributed by atoms with Gasteiger partial charge in [-0.1, -0.05) is 53.6 Å². The second-order valence-electron chi connectivity index (χ2n) is 8.56. The maximum Gasteiger partial charge on any atom is 0.311 e. The Labute approximate surface area is 193 Å². The molecule has 2 aromatic heterocycles. The second kappa shape index (κ2) is 8.91. The van der Waals surface area contributed by atoms with Crippen LogP contribution < -0.4 is 4.74 Å². The highest BCUT2D eigenvalue weighted by Crippen LogP contribution is 2.32. The summed E-state index contributed by atoms with van der Waals surface area (Å²) in [4.78, 5) is 20.9. The Morgan fingerprint density at radius 1 is 0.909 bits per heavy atom. The van der Waals surface area contributed by atoms with Crippen molar-refractivity contribution in [3.63, 3.8) is 0 Å². The monoisotopic (exact) mass is 434 g/mol. The predicted octanol–water partition coefficient (Wildman–Crippen LogP) is 6.93. The van der Waals surface area contributed by atoms with E-state index in [0.29, 0.717) is 18.6 Å². The van der Waals surface area contributed by atoms with Gasteiger partial charge in [-0.25, -0.2) is 4.98 Å². The molecule has 0 spiro atoms. The Hall–Kier alpha value is -3.92. The van der Waals surface area contributed by atoms with Crippen LogP contribution in [0.15, 0.2) is 78.9 Å². The molecule has 3 aromatic carbocycles. The van der Waals surface area contributed by atoms with Crippen molar-refractivity contribution in [1.29, 1.82) is 0 Å². The number of fused-ring (bicyclic) bond motifs is 2. The number of carbonyl (C=O) groups excluding carboxylic acids is 1. The van der Waals surface area contributed by atoms with Crippen molar-refractivity contribution >= 4 is 27.8 Å². The molecule has 0 saturated heterocycles. The average Bonchev–Trinajstić information content (AvgIpc) is 3.18.